The fourth-order valence-corrected chi connectivity index (χ4v) is 2.13. The van der Waals surface area contributed by atoms with Crippen LogP contribution >= 0.6 is 0 Å². The third-order valence-corrected chi connectivity index (χ3v) is 2.81. The topological polar surface area (TPSA) is 20.2 Å². The number of aliphatic hydroxyl groups is 1. The molecule has 0 spiro atoms. The molecule has 0 aliphatic heterocycles. The highest BCUT2D eigenvalue weighted by Crippen LogP contribution is 2.44. The van der Waals surface area contributed by atoms with E-state index in [-0.39, 0.29) is 11.2 Å². The zero-order valence-electron chi connectivity index (χ0n) is 7.84. The van der Waals surface area contributed by atoms with E-state index in [4.69, 9.17) is 0 Å². The van der Waals surface area contributed by atoms with E-state index in [0.29, 0.717) is 6.42 Å². The van der Waals surface area contributed by atoms with E-state index in [1.165, 1.54) is 12.1 Å². The first-order chi connectivity index (χ1) is 6.00. The first-order valence-electron chi connectivity index (χ1n) is 4.49. The lowest BCUT2D eigenvalue weighted by Crippen LogP contribution is -2.12. The molecule has 1 atom stereocenters. The van der Waals surface area contributed by atoms with Crippen LogP contribution in [0.4, 0.5) is 4.39 Å². The molecule has 0 saturated heterocycles. The summed E-state index contributed by atoms with van der Waals surface area (Å²) in [7, 11) is 0. The summed E-state index contributed by atoms with van der Waals surface area (Å²) in [4.78, 5) is 0. The van der Waals surface area contributed by atoms with Gasteiger partial charge >= 0.3 is 0 Å². The van der Waals surface area contributed by atoms with E-state index in [1.807, 2.05) is 0 Å². The normalized spacial score (nSPS) is 24.5. The van der Waals surface area contributed by atoms with Crippen LogP contribution in [0.25, 0.3) is 0 Å². The molecule has 2 heteroatoms. The molecule has 0 heterocycles. The van der Waals surface area contributed by atoms with Crippen molar-refractivity contribution in [3.63, 3.8) is 0 Å². The van der Waals surface area contributed by atoms with Crippen LogP contribution in [0.2, 0.25) is 0 Å². The van der Waals surface area contributed by atoms with Gasteiger partial charge in [0.2, 0.25) is 0 Å². The highest BCUT2D eigenvalue weighted by Gasteiger charge is 2.35. The Balaban J connectivity index is 2.59. The summed E-state index contributed by atoms with van der Waals surface area (Å²) in [5.41, 5.74) is 1.80. The largest absolute Gasteiger partial charge is 0.388 e. The van der Waals surface area contributed by atoms with Crippen molar-refractivity contribution in [1.82, 2.24) is 0 Å². The van der Waals surface area contributed by atoms with Crippen molar-refractivity contribution in [2.24, 2.45) is 0 Å². The molecule has 13 heavy (non-hydrogen) atoms. The Labute approximate surface area is 77.2 Å². The minimum Gasteiger partial charge on any atom is -0.388 e. The number of halogens is 1. The molecule has 1 aromatic carbocycles. The molecule has 0 radical (unpaired) electrons. The molecule has 1 nitrogen and oxygen atoms in total. The molecule has 0 amide bonds. The van der Waals surface area contributed by atoms with E-state index < -0.39 is 6.10 Å². The molecular weight excluding hydrogens is 167 g/mol. The highest BCUT2D eigenvalue weighted by molar-refractivity contribution is 5.40. The number of rotatable bonds is 0. The third-order valence-electron chi connectivity index (χ3n) is 2.81. The molecule has 1 aliphatic rings. The van der Waals surface area contributed by atoms with Gasteiger partial charge in [0.15, 0.2) is 0 Å². The van der Waals surface area contributed by atoms with Gasteiger partial charge in [-0.3, -0.25) is 0 Å². The number of aliphatic hydroxyl groups excluding tert-OH is 1. The van der Waals surface area contributed by atoms with Crippen LogP contribution < -0.4 is 0 Å². The fourth-order valence-electron chi connectivity index (χ4n) is 2.13. The van der Waals surface area contributed by atoms with Gasteiger partial charge < -0.3 is 5.11 Å². The molecule has 0 bridgehead atoms. The predicted molar refractivity (Wildman–Crippen MR) is 49.0 cm³/mol. The van der Waals surface area contributed by atoms with Crippen molar-refractivity contribution in [1.29, 1.82) is 0 Å². The minimum absolute atomic E-state index is 0.0253. The second-order valence-electron chi connectivity index (χ2n) is 4.34. The summed E-state index contributed by atoms with van der Waals surface area (Å²) < 4.78 is 12.9. The van der Waals surface area contributed by atoms with Crippen molar-refractivity contribution >= 4 is 0 Å². The molecule has 0 unspecified atom stereocenters. The first-order valence-corrected chi connectivity index (χ1v) is 4.49. The maximum atomic E-state index is 12.9. The molecule has 1 N–H and O–H groups in total. The van der Waals surface area contributed by atoms with E-state index in [0.717, 1.165) is 11.1 Å². The number of hydrogen-bond donors (Lipinski definition) is 1. The van der Waals surface area contributed by atoms with E-state index in [1.54, 1.807) is 6.07 Å². The molecule has 1 aliphatic carbocycles. The zero-order valence-corrected chi connectivity index (χ0v) is 7.84. The van der Waals surface area contributed by atoms with Crippen LogP contribution in [0, 0.1) is 5.82 Å². The van der Waals surface area contributed by atoms with E-state index in [2.05, 4.69) is 13.8 Å². The van der Waals surface area contributed by atoms with Crippen LogP contribution in [0.1, 0.15) is 37.5 Å². The van der Waals surface area contributed by atoms with Gasteiger partial charge in [-0.25, -0.2) is 4.39 Å². The van der Waals surface area contributed by atoms with Crippen molar-refractivity contribution < 1.29 is 9.50 Å². The maximum absolute atomic E-state index is 12.9. The summed E-state index contributed by atoms with van der Waals surface area (Å²) in [6.07, 6.45) is 0.187. The third kappa shape index (κ3) is 1.25. The summed E-state index contributed by atoms with van der Waals surface area (Å²) in [6.45, 7) is 4.14. The van der Waals surface area contributed by atoms with Crippen LogP contribution in [0.3, 0.4) is 0 Å². The smallest absolute Gasteiger partial charge is 0.123 e. The van der Waals surface area contributed by atoms with Gasteiger partial charge in [-0.05, 0) is 35.1 Å². The van der Waals surface area contributed by atoms with E-state index >= 15 is 0 Å². The molecule has 1 aromatic rings. The lowest BCUT2D eigenvalue weighted by Gasteiger charge is -2.18. The first kappa shape index (κ1) is 8.70. The van der Waals surface area contributed by atoms with Gasteiger partial charge in [-0.2, -0.15) is 0 Å². The Morgan fingerprint density at radius 3 is 2.85 bits per heavy atom. The minimum atomic E-state index is -0.499. The molecule has 0 saturated carbocycles. The highest BCUT2D eigenvalue weighted by atomic mass is 19.1. The Morgan fingerprint density at radius 1 is 1.46 bits per heavy atom. The van der Waals surface area contributed by atoms with E-state index in [9.17, 15) is 9.50 Å². The number of hydrogen-bond acceptors (Lipinski definition) is 1. The molecule has 70 valence electrons. The molecule has 0 fully saturated rings. The lowest BCUT2D eigenvalue weighted by atomic mass is 9.87. The summed E-state index contributed by atoms with van der Waals surface area (Å²) in [5, 5.41) is 9.67. The van der Waals surface area contributed by atoms with Gasteiger partial charge in [-0.15, -0.1) is 0 Å². The van der Waals surface area contributed by atoms with Crippen molar-refractivity contribution in [3.05, 3.63) is 35.1 Å². The van der Waals surface area contributed by atoms with Crippen LogP contribution in [0.5, 0.6) is 0 Å². The van der Waals surface area contributed by atoms with Crippen molar-refractivity contribution in [2.75, 3.05) is 0 Å². The number of fused-ring (bicyclic) bond motifs is 1. The van der Waals surface area contributed by atoms with Crippen molar-refractivity contribution in [3.8, 4) is 0 Å². The second kappa shape index (κ2) is 2.55. The van der Waals surface area contributed by atoms with Crippen LogP contribution in [-0.2, 0) is 5.41 Å². The fraction of sp³-hybridized carbons (Fsp3) is 0.455. The Hall–Kier alpha value is -0.890. The predicted octanol–water partition coefficient (Wildman–Crippen LogP) is 2.54. The summed E-state index contributed by atoms with van der Waals surface area (Å²) in [6, 6.07) is 4.67. The average molecular weight is 180 g/mol. The number of benzene rings is 1. The zero-order chi connectivity index (χ0) is 9.64. The maximum Gasteiger partial charge on any atom is 0.123 e. The standard InChI is InChI=1S/C11H13FO/c1-11(2)6-10(13)8-5-7(12)3-4-9(8)11/h3-5,10,13H,6H2,1-2H3/t10-/m0/s1. The SMILES string of the molecule is CC1(C)C[C@H](O)c2cc(F)ccc21. The monoisotopic (exact) mass is 180 g/mol. The lowest BCUT2D eigenvalue weighted by molar-refractivity contribution is 0.161. The molecule has 2 rings (SSSR count). The average Bonchev–Trinajstić information content (AvgIpc) is 2.22. The van der Waals surface area contributed by atoms with Gasteiger partial charge in [0.1, 0.15) is 5.82 Å². The van der Waals surface area contributed by atoms with Gasteiger partial charge in [-0.1, -0.05) is 19.9 Å². The summed E-state index contributed by atoms with van der Waals surface area (Å²) in [5.74, 6) is -0.268. The van der Waals surface area contributed by atoms with Gasteiger partial charge in [0.05, 0.1) is 6.10 Å². The Bertz CT molecular complexity index is 344. The quantitative estimate of drug-likeness (QED) is 0.650. The Kier molecular flexibility index (Phi) is 1.70. The second-order valence-corrected chi connectivity index (χ2v) is 4.34. The van der Waals surface area contributed by atoms with Crippen molar-refractivity contribution in [2.45, 2.75) is 31.8 Å². The van der Waals surface area contributed by atoms with Gasteiger partial charge in [0, 0.05) is 0 Å². The van der Waals surface area contributed by atoms with Gasteiger partial charge in [0.25, 0.3) is 0 Å². The molecule has 0 aromatic heterocycles. The molecular formula is C11H13FO. The van der Waals surface area contributed by atoms with Crippen LogP contribution in [0.15, 0.2) is 18.2 Å². The van der Waals surface area contributed by atoms with Crippen LogP contribution in [-0.4, -0.2) is 5.11 Å². The Morgan fingerprint density at radius 2 is 2.15 bits per heavy atom. The summed E-state index contributed by atoms with van der Waals surface area (Å²) >= 11 is 0.